The van der Waals surface area contributed by atoms with E-state index in [-0.39, 0.29) is 0 Å². The normalized spacial score (nSPS) is 23.7. The molecule has 0 aromatic rings. The molecule has 0 unspecified atom stereocenters. The molecule has 1 aliphatic rings. The van der Waals surface area contributed by atoms with Crippen LogP contribution in [0.25, 0.3) is 0 Å². The third kappa shape index (κ3) is 1.70. The van der Waals surface area contributed by atoms with Crippen LogP contribution in [-0.2, 0) is 0 Å². The predicted molar refractivity (Wildman–Crippen MR) is 41.0 cm³/mol. The summed E-state index contributed by atoms with van der Waals surface area (Å²) in [6.45, 7) is 8.35. The van der Waals surface area contributed by atoms with E-state index in [0.717, 1.165) is 6.42 Å². The Morgan fingerprint density at radius 2 is 2.22 bits per heavy atom. The van der Waals surface area contributed by atoms with Crippen molar-refractivity contribution in [2.45, 2.75) is 20.3 Å². The van der Waals surface area contributed by atoms with E-state index in [1.165, 1.54) is 5.57 Å². The minimum Gasteiger partial charge on any atom is -0.0785 e. The van der Waals surface area contributed by atoms with E-state index in [1.54, 1.807) is 0 Å². The molecule has 1 aliphatic carbocycles. The van der Waals surface area contributed by atoms with Crippen molar-refractivity contribution in [2.24, 2.45) is 5.41 Å². The van der Waals surface area contributed by atoms with Crippen molar-refractivity contribution in [1.82, 2.24) is 0 Å². The molecule has 1 radical (unpaired) electrons. The van der Waals surface area contributed by atoms with Crippen molar-refractivity contribution in [1.29, 1.82) is 0 Å². The zero-order valence-electron chi connectivity index (χ0n) is 6.15. The molecule has 0 nitrogen and oxygen atoms in total. The Morgan fingerprint density at radius 3 is 2.56 bits per heavy atom. The fourth-order valence-electron chi connectivity index (χ4n) is 1.15. The highest BCUT2D eigenvalue weighted by Crippen LogP contribution is 2.29. The summed E-state index contributed by atoms with van der Waals surface area (Å²) < 4.78 is 0. The van der Waals surface area contributed by atoms with Gasteiger partial charge in [-0.3, -0.25) is 0 Å². The molecule has 0 saturated carbocycles. The van der Waals surface area contributed by atoms with Crippen LogP contribution >= 0.6 is 0 Å². The summed E-state index contributed by atoms with van der Waals surface area (Å²) in [6.07, 6.45) is 7.49. The Morgan fingerprint density at radius 1 is 1.56 bits per heavy atom. The number of hydrogen-bond donors (Lipinski definition) is 0. The van der Waals surface area contributed by atoms with Gasteiger partial charge in [0.2, 0.25) is 0 Å². The van der Waals surface area contributed by atoms with Crippen LogP contribution in [0, 0.1) is 12.3 Å². The first-order valence-corrected chi connectivity index (χ1v) is 3.30. The van der Waals surface area contributed by atoms with Crippen LogP contribution in [0.4, 0.5) is 0 Å². The van der Waals surface area contributed by atoms with Crippen LogP contribution in [0.2, 0.25) is 0 Å². The fraction of sp³-hybridized carbons (Fsp3) is 0.444. The average molecular weight is 121 g/mol. The van der Waals surface area contributed by atoms with Gasteiger partial charge in [-0.15, -0.1) is 0 Å². The molecule has 0 heterocycles. The maximum absolute atomic E-state index is 3.90. The second kappa shape index (κ2) is 2.02. The van der Waals surface area contributed by atoms with Crippen molar-refractivity contribution >= 4 is 0 Å². The first kappa shape index (κ1) is 6.60. The Hall–Kier alpha value is -0.520. The van der Waals surface area contributed by atoms with Gasteiger partial charge >= 0.3 is 0 Å². The average Bonchev–Trinajstić information content (AvgIpc) is 1.60. The molecule has 0 bridgehead atoms. The smallest absolute Gasteiger partial charge is 0.0134 e. The highest BCUT2D eigenvalue weighted by atomic mass is 14.2. The molecular formula is C9H13. The van der Waals surface area contributed by atoms with Crippen LogP contribution in [-0.4, -0.2) is 0 Å². The van der Waals surface area contributed by atoms with E-state index in [4.69, 9.17) is 0 Å². The third-order valence-corrected chi connectivity index (χ3v) is 1.56. The summed E-state index contributed by atoms with van der Waals surface area (Å²) in [4.78, 5) is 0. The van der Waals surface area contributed by atoms with Gasteiger partial charge in [0.1, 0.15) is 0 Å². The summed E-state index contributed by atoms with van der Waals surface area (Å²) in [6, 6.07) is 0. The van der Waals surface area contributed by atoms with Gasteiger partial charge in [-0.25, -0.2) is 0 Å². The van der Waals surface area contributed by atoms with E-state index in [0.29, 0.717) is 5.41 Å². The molecule has 0 N–H and O–H groups in total. The van der Waals surface area contributed by atoms with Crippen molar-refractivity contribution < 1.29 is 0 Å². The van der Waals surface area contributed by atoms with Crippen molar-refractivity contribution in [3.05, 3.63) is 30.7 Å². The summed E-state index contributed by atoms with van der Waals surface area (Å²) in [5.74, 6) is 0. The monoisotopic (exact) mass is 121 g/mol. The first-order chi connectivity index (χ1) is 4.10. The van der Waals surface area contributed by atoms with E-state index >= 15 is 0 Å². The summed E-state index contributed by atoms with van der Waals surface area (Å²) in [7, 11) is 0. The largest absolute Gasteiger partial charge is 0.0785 e. The zero-order valence-corrected chi connectivity index (χ0v) is 6.15. The van der Waals surface area contributed by atoms with E-state index in [9.17, 15) is 0 Å². The molecule has 0 heteroatoms. The lowest BCUT2D eigenvalue weighted by Gasteiger charge is -2.22. The summed E-state index contributed by atoms with van der Waals surface area (Å²) in [5, 5.41) is 0. The molecule has 0 aromatic carbocycles. The molecule has 0 fully saturated rings. The Labute approximate surface area is 57.3 Å². The van der Waals surface area contributed by atoms with Gasteiger partial charge in [-0.2, -0.15) is 0 Å². The molecule has 0 aliphatic heterocycles. The zero-order chi connectivity index (χ0) is 6.91. The van der Waals surface area contributed by atoms with E-state index in [2.05, 4.69) is 39.0 Å². The predicted octanol–water partition coefficient (Wildman–Crippen LogP) is 2.73. The molecule has 9 heavy (non-hydrogen) atoms. The summed E-state index contributed by atoms with van der Waals surface area (Å²) in [5.41, 5.74) is 1.58. The van der Waals surface area contributed by atoms with Crippen LogP contribution in [0.1, 0.15) is 20.3 Å². The van der Waals surface area contributed by atoms with Crippen molar-refractivity contribution in [3.63, 3.8) is 0 Å². The molecule has 0 atom stereocenters. The van der Waals surface area contributed by atoms with E-state index in [1.807, 2.05) is 0 Å². The lowest BCUT2D eigenvalue weighted by molar-refractivity contribution is 0.474. The maximum atomic E-state index is 3.90. The lowest BCUT2D eigenvalue weighted by atomic mass is 9.83. The van der Waals surface area contributed by atoms with Gasteiger partial charge in [0.05, 0.1) is 0 Å². The van der Waals surface area contributed by atoms with Gasteiger partial charge in [0.25, 0.3) is 0 Å². The molecule has 0 spiro atoms. The number of allylic oxidation sites excluding steroid dienone is 4. The Kier molecular flexibility index (Phi) is 1.48. The molecule has 0 saturated heterocycles. The fourth-order valence-corrected chi connectivity index (χ4v) is 1.15. The van der Waals surface area contributed by atoms with Gasteiger partial charge in [0, 0.05) is 0 Å². The SMILES string of the molecule is [CH2]C1=CC=CC(C)(C)C1. The summed E-state index contributed by atoms with van der Waals surface area (Å²) >= 11 is 0. The van der Waals surface area contributed by atoms with Gasteiger partial charge in [-0.05, 0) is 18.8 Å². The van der Waals surface area contributed by atoms with Gasteiger partial charge in [-0.1, -0.05) is 37.6 Å². The van der Waals surface area contributed by atoms with Crippen molar-refractivity contribution in [3.8, 4) is 0 Å². The first-order valence-electron chi connectivity index (χ1n) is 3.30. The quantitative estimate of drug-likeness (QED) is 0.462. The van der Waals surface area contributed by atoms with Crippen molar-refractivity contribution in [2.75, 3.05) is 0 Å². The molecule has 1 rings (SSSR count). The Bertz CT molecular complexity index is 159. The third-order valence-electron chi connectivity index (χ3n) is 1.56. The van der Waals surface area contributed by atoms with Crippen LogP contribution < -0.4 is 0 Å². The maximum Gasteiger partial charge on any atom is -0.0134 e. The van der Waals surface area contributed by atoms with Crippen LogP contribution in [0.3, 0.4) is 0 Å². The minimum atomic E-state index is 0.339. The number of hydrogen-bond acceptors (Lipinski definition) is 0. The highest BCUT2D eigenvalue weighted by Gasteiger charge is 2.15. The number of rotatable bonds is 0. The Balaban J connectivity index is 2.73. The molecule has 49 valence electrons. The standard InChI is InChI=1S/C9H13/c1-8-5-4-6-9(2,3)7-8/h4-6H,1,7H2,2-3H3. The highest BCUT2D eigenvalue weighted by molar-refractivity contribution is 5.23. The van der Waals surface area contributed by atoms with Crippen LogP contribution in [0.15, 0.2) is 23.8 Å². The van der Waals surface area contributed by atoms with Gasteiger partial charge < -0.3 is 0 Å². The topological polar surface area (TPSA) is 0 Å². The molecular weight excluding hydrogens is 108 g/mol. The molecule has 0 aromatic heterocycles. The second-order valence-corrected chi connectivity index (χ2v) is 3.35. The molecule has 0 amide bonds. The van der Waals surface area contributed by atoms with Crippen LogP contribution in [0.5, 0.6) is 0 Å². The van der Waals surface area contributed by atoms with E-state index < -0.39 is 0 Å². The minimum absolute atomic E-state index is 0.339. The van der Waals surface area contributed by atoms with Gasteiger partial charge in [0.15, 0.2) is 0 Å². The lowest BCUT2D eigenvalue weighted by Crippen LogP contribution is -2.09. The second-order valence-electron chi connectivity index (χ2n) is 3.35.